The molecule has 3 heterocycles. The van der Waals surface area contributed by atoms with E-state index >= 15 is 0 Å². The minimum atomic E-state index is 0.255. The Kier molecular flexibility index (Phi) is 6.54. The lowest BCUT2D eigenvalue weighted by Gasteiger charge is -2.23. The molecule has 160 valence electrons. The van der Waals surface area contributed by atoms with Crippen molar-refractivity contribution >= 4 is 23.4 Å². The number of aromatic nitrogens is 4. The first-order valence-electron chi connectivity index (χ1n) is 9.85. The summed E-state index contributed by atoms with van der Waals surface area (Å²) >= 11 is 1.92. The van der Waals surface area contributed by atoms with E-state index < -0.39 is 0 Å². The van der Waals surface area contributed by atoms with Crippen molar-refractivity contribution in [3.05, 3.63) is 41.9 Å². The fourth-order valence-corrected chi connectivity index (χ4v) is 4.26. The molecule has 3 aromatic rings. The molecule has 0 unspecified atom stereocenters. The number of aromatic amines is 1. The predicted octanol–water partition coefficient (Wildman–Crippen LogP) is 2.88. The summed E-state index contributed by atoms with van der Waals surface area (Å²) in [5.74, 6) is 3.60. The van der Waals surface area contributed by atoms with Crippen LogP contribution in [0.3, 0.4) is 0 Å². The average molecular weight is 438 g/mol. The molecule has 4 rings (SSSR count). The Morgan fingerprint density at radius 2 is 2.10 bits per heavy atom. The predicted molar refractivity (Wildman–Crippen MR) is 120 cm³/mol. The lowest BCUT2D eigenvalue weighted by molar-refractivity contribution is 0.311. The van der Waals surface area contributed by atoms with Gasteiger partial charge in [-0.25, -0.2) is 9.97 Å². The van der Waals surface area contributed by atoms with Gasteiger partial charge in [-0.2, -0.15) is 22.1 Å². The molecule has 0 spiro atoms. The number of anilines is 2. The van der Waals surface area contributed by atoms with Gasteiger partial charge in [-0.05, 0) is 24.6 Å². The van der Waals surface area contributed by atoms with Crippen molar-refractivity contribution < 1.29 is 9.47 Å². The van der Waals surface area contributed by atoms with Gasteiger partial charge < -0.3 is 20.1 Å². The molecule has 2 aromatic heterocycles. The van der Waals surface area contributed by atoms with E-state index in [2.05, 4.69) is 30.8 Å². The van der Waals surface area contributed by atoms with Gasteiger partial charge >= 0.3 is 0 Å². The fourth-order valence-electron chi connectivity index (χ4n) is 3.27. The smallest absolute Gasteiger partial charge is 0.158 e. The third-order valence-corrected chi connectivity index (χ3v) is 5.94. The molecule has 0 bridgehead atoms. The van der Waals surface area contributed by atoms with E-state index in [0.717, 1.165) is 41.4 Å². The van der Waals surface area contributed by atoms with Gasteiger partial charge in [0.15, 0.2) is 11.5 Å². The monoisotopic (exact) mass is 437 g/mol. The van der Waals surface area contributed by atoms with E-state index in [0.29, 0.717) is 29.2 Å². The van der Waals surface area contributed by atoms with Crippen LogP contribution in [0.4, 0.5) is 11.6 Å². The first-order chi connectivity index (χ1) is 15.2. The van der Waals surface area contributed by atoms with Crippen molar-refractivity contribution in [1.29, 1.82) is 5.26 Å². The third kappa shape index (κ3) is 5.07. The van der Waals surface area contributed by atoms with E-state index in [-0.39, 0.29) is 5.69 Å². The van der Waals surface area contributed by atoms with Crippen molar-refractivity contribution in [2.45, 2.75) is 12.2 Å². The topological polar surface area (TPSA) is 121 Å². The van der Waals surface area contributed by atoms with Gasteiger partial charge in [-0.15, -0.1) is 0 Å². The Hall–Kier alpha value is -3.29. The number of benzene rings is 1. The number of nitrogens with one attached hydrogen (secondary N) is 3. The molecule has 0 aliphatic carbocycles. The van der Waals surface area contributed by atoms with E-state index in [1.54, 1.807) is 7.11 Å². The molecular weight excluding hydrogens is 414 g/mol. The van der Waals surface area contributed by atoms with Gasteiger partial charge in [0.05, 0.1) is 36.0 Å². The summed E-state index contributed by atoms with van der Waals surface area (Å²) in [4.78, 5) is 8.17. The fraction of sp³-hybridized carbons (Fsp3) is 0.333. The molecular formula is C21H23N7O2S. The van der Waals surface area contributed by atoms with E-state index in [1.165, 1.54) is 12.4 Å². The van der Waals surface area contributed by atoms with Gasteiger partial charge in [0.25, 0.3) is 0 Å². The Morgan fingerprint density at radius 1 is 1.23 bits per heavy atom. The molecule has 0 radical (unpaired) electrons. The number of methoxy groups -OCH3 is 1. The lowest BCUT2D eigenvalue weighted by Crippen LogP contribution is -2.36. The number of aryl methyl sites for hydroxylation is 1. The minimum Gasteiger partial charge on any atom is -0.496 e. The summed E-state index contributed by atoms with van der Waals surface area (Å²) in [5, 5.41) is 23.1. The largest absolute Gasteiger partial charge is 0.496 e. The van der Waals surface area contributed by atoms with Gasteiger partial charge in [-0.3, -0.25) is 5.10 Å². The zero-order valence-electron chi connectivity index (χ0n) is 17.3. The van der Waals surface area contributed by atoms with Crippen LogP contribution < -0.4 is 20.1 Å². The van der Waals surface area contributed by atoms with Gasteiger partial charge in [-0.1, -0.05) is 0 Å². The van der Waals surface area contributed by atoms with Crippen LogP contribution in [0.15, 0.2) is 30.6 Å². The quantitative estimate of drug-likeness (QED) is 0.512. The maximum atomic E-state index is 8.85. The van der Waals surface area contributed by atoms with Crippen LogP contribution in [0.5, 0.6) is 11.5 Å². The number of H-pyrrole nitrogens is 1. The van der Waals surface area contributed by atoms with Crippen molar-refractivity contribution in [3.8, 4) is 28.8 Å². The number of ether oxygens (including phenoxy) is 2. The van der Waals surface area contributed by atoms with Crippen LogP contribution in [0, 0.1) is 18.3 Å². The summed E-state index contributed by atoms with van der Waals surface area (Å²) < 4.78 is 11.9. The zero-order valence-corrected chi connectivity index (χ0v) is 18.1. The van der Waals surface area contributed by atoms with Crippen LogP contribution in [0.1, 0.15) is 11.3 Å². The highest BCUT2D eigenvalue weighted by Gasteiger charge is 2.20. The number of thioether (sulfide) groups is 1. The van der Waals surface area contributed by atoms with Gasteiger partial charge in [0.2, 0.25) is 0 Å². The van der Waals surface area contributed by atoms with Crippen molar-refractivity contribution in [2.75, 3.05) is 37.9 Å². The number of rotatable bonds is 7. The first-order valence-corrected chi connectivity index (χ1v) is 10.9. The Bertz CT molecular complexity index is 1070. The molecule has 1 aliphatic rings. The van der Waals surface area contributed by atoms with Crippen LogP contribution in [-0.4, -0.2) is 58.0 Å². The summed E-state index contributed by atoms with van der Waals surface area (Å²) in [6.07, 6.45) is 2.90. The molecule has 1 aromatic carbocycles. The number of nitrogens with zero attached hydrogens (tertiary/aromatic N) is 4. The second kappa shape index (κ2) is 9.68. The highest BCUT2D eigenvalue weighted by Crippen LogP contribution is 2.40. The Balaban J connectivity index is 1.58. The molecule has 31 heavy (non-hydrogen) atoms. The molecule has 10 heteroatoms. The van der Waals surface area contributed by atoms with E-state index in [1.807, 2.05) is 43.0 Å². The van der Waals surface area contributed by atoms with Gasteiger partial charge in [0, 0.05) is 24.9 Å². The number of nitriles is 1. The minimum absolute atomic E-state index is 0.255. The van der Waals surface area contributed by atoms with Crippen LogP contribution in [0.25, 0.3) is 11.3 Å². The molecule has 3 N–H and O–H groups in total. The molecule has 1 saturated heterocycles. The zero-order chi connectivity index (χ0) is 21.6. The van der Waals surface area contributed by atoms with Crippen LogP contribution >= 0.6 is 11.8 Å². The van der Waals surface area contributed by atoms with Crippen LogP contribution in [0.2, 0.25) is 0 Å². The molecule has 1 atom stereocenters. The SMILES string of the molecule is COc1cc(C)cc(OC[C@H]2CNCCS2)c1-c1cc(Nc2cnc(C#N)cn2)n[nH]1. The summed E-state index contributed by atoms with van der Waals surface area (Å²) in [5.41, 5.74) is 2.88. The maximum Gasteiger partial charge on any atom is 0.158 e. The highest BCUT2D eigenvalue weighted by molar-refractivity contribution is 8.00. The van der Waals surface area contributed by atoms with Crippen molar-refractivity contribution in [3.63, 3.8) is 0 Å². The molecule has 0 saturated carbocycles. The third-order valence-electron chi connectivity index (χ3n) is 4.73. The van der Waals surface area contributed by atoms with Crippen LogP contribution in [-0.2, 0) is 0 Å². The van der Waals surface area contributed by atoms with Crippen molar-refractivity contribution in [1.82, 2.24) is 25.5 Å². The first kappa shape index (κ1) is 21.0. The Labute approximate surface area is 184 Å². The second-order valence-corrected chi connectivity index (χ2v) is 8.45. The van der Waals surface area contributed by atoms with Crippen molar-refractivity contribution in [2.24, 2.45) is 0 Å². The standard InChI is InChI=1S/C21H23N7O2S/c1-13-5-17(29-2)21(18(6-13)30-12-15-10-23-3-4-31-15)16-7-19(28-27-16)26-20-11-24-14(8-22)9-25-20/h5-7,9,11,15,23H,3-4,10,12H2,1-2H3,(H2,25,26,27,28)/t15-/m1/s1. The highest BCUT2D eigenvalue weighted by atomic mass is 32.2. The summed E-state index contributed by atoms with van der Waals surface area (Å²) in [7, 11) is 1.64. The molecule has 0 amide bonds. The lowest BCUT2D eigenvalue weighted by atomic mass is 10.1. The molecule has 1 aliphatic heterocycles. The Morgan fingerprint density at radius 3 is 2.81 bits per heavy atom. The molecule has 9 nitrogen and oxygen atoms in total. The second-order valence-electron chi connectivity index (χ2n) is 7.04. The maximum absolute atomic E-state index is 8.85. The summed E-state index contributed by atoms with van der Waals surface area (Å²) in [6.45, 7) is 4.60. The molecule has 1 fully saturated rings. The number of hydrogen-bond donors (Lipinski definition) is 3. The summed E-state index contributed by atoms with van der Waals surface area (Å²) in [6, 6.07) is 7.79. The average Bonchev–Trinajstić information content (AvgIpc) is 3.26. The van der Waals surface area contributed by atoms with E-state index in [4.69, 9.17) is 14.7 Å². The number of hydrogen-bond acceptors (Lipinski definition) is 9. The van der Waals surface area contributed by atoms with E-state index in [9.17, 15) is 0 Å². The normalized spacial score (nSPS) is 15.8. The van der Waals surface area contributed by atoms with Gasteiger partial charge in [0.1, 0.15) is 30.0 Å².